The maximum Gasteiger partial charge on any atom is 0.227 e. The van der Waals surface area contributed by atoms with Crippen molar-refractivity contribution in [2.75, 3.05) is 25.1 Å². The third kappa shape index (κ3) is 4.11. The van der Waals surface area contributed by atoms with Crippen molar-refractivity contribution in [3.8, 4) is 5.75 Å². The number of methoxy groups -OCH3 is 1. The molecule has 0 radical (unpaired) electrons. The van der Waals surface area contributed by atoms with E-state index < -0.39 is 0 Å². The summed E-state index contributed by atoms with van der Waals surface area (Å²) in [5.74, 6) is -0.0738. The first kappa shape index (κ1) is 18.1. The van der Waals surface area contributed by atoms with E-state index in [-0.39, 0.29) is 24.2 Å². The van der Waals surface area contributed by atoms with Crippen molar-refractivity contribution < 1.29 is 14.3 Å². The molecule has 0 bridgehead atoms. The van der Waals surface area contributed by atoms with Gasteiger partial charge in [0.15, 0.2) is 0 Å². The molecule has 2 aromatic rings. The Morgan fingerprint density at radius 1 is 1.42 bits per heavy atom. The molecule has 26 heavy (non-hydrogen) atoms. The van der Waals surface area contributed by atoms with Crippen LogP contribution in [0.15, 0.2) is 36.8 Å². The Balaban J connectivity index is 1.56. The van der Waals surface area contributed by atoms with Crippen molar-refractivity contribution in [3.63, 3.8) is 0 Å². The number of benzene rings is 1. The summed E-state index contributed by atoms with van der Waals surface area (Å²) in [5.41, 5.74) is 1.47. The number of anilines is 1. The van der Waals surface area contributed by atoms with Crippen molar-refractivity contribution in [2.24, 2.45) is 5.92 Å². The van der Waals surface area contributed by atoms with Gasteiger partial charge in [0.05, 0.1) is 23.7 Å². The Hall–Kier alpha value is -2.67. The van der Waals surface area contributed by atoms with Gasteiger partial charge in [0.1, 0.15) is 5.75 Å². The molecule has 1 aliphatic heterocycles. The van der Waals surface area contributed by atoms with E-state index in [1.165, 1.54) is 7.11 Å². The average Bonchev–Trinajstić information content (AvgIpc) is 3.04. The van der Waals surface area contributed by atoms with E-state index in [1.54, 1.807) is 41.7 Å². The Labute approximate surface area is 156 Å². The van der Waals surface area contributed by atoms with Gasteiger partial charge >= 0.3 is 0 Å². The van der Waals surface area contributed by atoms with Crippen LogP contribution in [0.1, 0.15) is 12.1 Å². The molecule has 1 atom stereocenters. The second-order valence-corrected chi connectivity index (χ2v) is 6.37. The van der Waals surface area contributed by atoms with E-state index in [0.717, 1.165) is 5.69 Å². The van der Waals surface area contributed by atoms with Gasteiger partial charge in [0.25, 0.3) is 0 Å². The van der Waals surface area contributed by atoms with E-state index >= 15 is 0 Å². The SMILES string of the molecule is COc1ccc(N2C[C@H](C(=O)NCCc3cnccn3)CC2=O)cc1Cl. The van der Waals surface area contributed by atoms with E-state index in [2.05, 4.69) is 15.3 Å². The normalized spacial score (nSPS) is 16.6. The minimum Gasteiger partial charge on any atom is -0.495 e. The van der Waals surface area contributed by atoms with Crippen molar-refractivity contribution >= 4 is 29.1 Å². The number of halogens is 1. The van der Waals surface area contributed by atoms with Crippen LogP contribution in [-0.4, -0.2) is 42.0 Å². The number of amides is 2. The molecule has 1 saturated heterocycles. The Bertz CT molecular complexity index is 800. The summed E-state index contributed by atoms with van der Waals surface area (Å²) in [6.45, 7) is 0.787. The van der Waals surface area contributed by atoms with Crippen molar-refractivity contribution in [1.82, 2.24) is 15.3 Å². The molecular weight excluding hydrogens is 356 g/mol. The number of carbonyl (C=O) groups is 2. The number of aromatic nitrogens is 2. The first-order valence-corrected chi connectivity index (χ1v) is 8.63. The number of hydrogen-bond acceptors (Lipinski definition) is 5. The minimum atomic E-state index is -0.384. The van der Waals surface area contributed by atoms with Crippen LogP contribution in [0.4, 0.5) is 5.69 Å². The van der Waals surface area contributed by atoms with Crippen LogP contribution < -0.4 is 15.0 Å². The Morgan fingerprint density at radius 3 is 2.96 bits per heavy atom. The lowest BCUT2D eigenvalue weighted by Gasteiger charge is -2.17. The Morgan fingerprint density at radius 2 is 2.27 bits per heavy atom. The number of hydrogen-bond donors (Lipinski definition) is 1. The molecule has 136 valence electrons. The lowest BCUT2D eigenvalue weighted by molar-refractivity contribution is -0.126. The van der Waals surface area contributed by atoms with Gasteiger partial charge in [-0.05, 0) is 18.2 Å². The lowest BCUT2D eigenvalue weighted by atomic mass is 10.1. The number of rotatable bonds is 6. The van der Waals surface area contributed by atoms with Gasteiger partial charge in [-0.3, -0.25) is 19.6 Å². The zero-order valence-electron chi connectivity index (χ0n) is 14.3. The molecular formula is C18H19ClN4O3. The summed E-state index contributed by atoms with van der Waals surface area (Å²) in [6, 6.07) is 5.14. The summed E-state index contributed by atoms with van der Waals surface area (Å²) in [4.78, 5) is 34.4. The summed E-state index contributed by atoms with van der Waals surface area (Å²) in [6.07, 6.45) is 5.66. The molecule has 0 aliphatic carbocycles. The fourth-order valence-electron chi connectivity index (χ4n) is 2.87. The maximum atomic E-state index is 12.4. The van der Waals surface area contributed by atoms with Crippen molar-refractivity contribution in [1.29, 1.82) is 0 Å². The predicted octanol–water partition coefficient (Wildman–Crippen LogP) is 1.85. The Kier molecular flexibility index (Phi) is 5.68. The maximum absolute atomic E-state index is 12.4. The topological polar surface area (TPSA) is 84.4 Å². The molecule has 3 rings (SSSR count). The molecule has 8 heteroatoms. The molecule has 1 aliphatic rings. The van der Waals surface area contributed by atoms with E-state index in [1.807, 2.05) is 0 Å². The van der Waals surface area contributed by atoms with Crippen molar-refractivity contribution in [3.05, 3.63) is 47.5 Å². The highest BCUT2D eigenvalue weighted by Gasteiger charge is 2.35. The van der Waals surface area contributed by atoms with Gasteiger partial charge < -0.3 is 15.0 Å². The van der Waals surface area contributed by atoms with Crippen LogP contribution in [0.2, 0.25) is 5.02 Å². The molecule has 1 aromatic heterocycles. The van der Waals surface area contributed by atoms with E-state index in [0.29, 0.717) is 36.0 Å². The van der Waals surface area contributed by atoms with Crippen LogP contribution in [0, 0.1) is 5.92 Å². The first-order chi connectivity index (χ1) is 12.6. The number of nitrogens with one attached hydrogen (secondary N) is 1. The van der Waals surface area contributed by atoms with Gasteiger partial charge in [0.2, 0.25) is 11.8 Å². The van der Waals surface area contributed by atoms with Gasteiger partial charge in [0, 0.05) is 50.2 Å². The molecule has 1 aromatic carbocycles. The molecule has 1 N–H and O–H groups in total. The highest BCUT2D eigenvalue weighted by atomic mass is 35.5. The number of ether oxygens (including phenoxy) is 1. The highest BCUT2D eigenvalue weighted by Crippen LogP contribution is 2.32. The van der Waals surface area contributed by atoms with Crippen LogP contribution in [0.5, 0.6) is 5.75 Å². The smallest absolute Gasteiger partial charge is 0.227 e. The van der Waals surface area contributed by atoms with Crippen molar-refractivity contribution in [2.45, 2.75) is 12.8 Å². The fourth-order valence-corrected chi connectivity index (χ4v) is 3.13. The quantitative estimate of drug-likeness (QED) is 0.834. The third-order valence-corrected chi connectivity index (χ3v) is 4.54. The molecule has 0 spiro atoms. The molecule has 0 saturated carbocycles. The number of carbonyl (C=O) groups excluding carboxylic acids is 2. The largest absolute Gasteiger partial charge is 0.495 e. The zero-order chi connectivity index (χ0) is 18.5. The predicted molar refractivity (Wildman–Crippen MR) is 97.2 cm³/mol. The van der Waals surface area contributed by atoms with Gasteiger partial charge in [-0.1, -0.05) is 11.6 Å². The first-order valence-electron chi connectivity index (χ1n) is 8.25. The minimum absolute atomic E-state index is 0.0969. The van der Waals surface area contributed by atoms with E-state index in [9.17, 15) is 9.59 Å². The van der Waals surface area contributed by atoms with Gasteiger partial charge in [-0.2, -0.15) is 0 Å². The zero-order valence-corrected chi connectivity index (χ0v) is 15.1. The standard InChI is InChI=1S/C18H19ClN4O3/c1-26-16-3-2-14(9-15(16)19)23-11-12(8-17(23)24)18(25)22-5-4-13-10-20-6-7-21-13/h2-3,6-7,9-10,12H,4-5,8,11H2,1H3,(H,22,25)/t12-/m1/s1. The van der Waals surface area contributed by atoms with Gasteiger partial charge in [-0.15, -0.1) is 0 Å². The molecule has 2 heterocycles. The molecule has 2 amide bonds. The summed E-state index contributed by atoms with van der Waals surface area (Å²) in [7, 11) is 1.53. The molecule has 0 unspecified atom stereocenters. The number of nitrogens with zero attached hydrogens (tertiary/aromatic N) is 3. The van der Waals surface area contributed by atoms with Crippen LogP contribution >= 0.6 is 11.6 Å². The fraction of sp³-hybridized carbons (Fsp3) is 0.333. The molecule has 1 fully saturated rings. The van der Waals surface area contributed by atoms with Crippen LogP contribution in [0.3, 0.4) is 0 Å². The van der Waals surface area contributed by atoms with Gasteiger partial charge in [-0.25, -0.2) is 0 Å². The third-order valence-electron chi connectivity index (χ3n) is 4.24. The second kappa shape index (κ2) is 8.14. The van der Waals surface area contributed by atoms with E-state index in [4.69, 9.17) is 16.3 Å². The van der Waals surface area contributed by atoms with Crippen LogP contribution in [0.25, 0.3) is 0 Å². The van der Waals surface area contributed by atoms with Crippen LogP contribution in [-0.2, 0) is 16.0 Å². The molecule has 7 nitrogen and oxygen atoms in total. The second-order valence-electron chi connectivity index (χ2n) is 5.96. The summed E-state index contributed by atoms with van der Waals surface area (Å²) < 4.78 is 5.12. The lowest BCUT2D eigenvalue weighted by Crippen LogP contribution is -2.34. The monoisotopic (exact) mass is 374 g/mol. The highest BCUT2D eigenvalue weighted by molar-refractivity contribution is 6.32. The average molecular weight is 375 g/mol. The summed E-state index contributed by atoms with van der Waals surface area (Å²) >= 11 is 6.13. The summed E-state index contributed by atoms with van der Waals surface area (Å²) in [5, 5.41) is 3.29.